The first-order chi connectivity index (χ1) is 12.9. The Balaban J connectivity index is 1.53. The summed E-state index contributed by atoms with van der Waals surface area (Å²) < 4.78 is 18.6. The number of nitrogens with zero attached hydrogens (tertiary/aromatic N) is 4. The van der Waals surface area contributed by atoms with Crippen molar-refractivity contribution in [1.82, 2.24) is 20.2 Å². The number of tetrazole rings is 1. The van der Waals surface area contributed by atoms with Crippen molar-refractivity contribution in [2.75, 3.05) is 5.32 Å². The number of hydrogen-bond acceptors (Lipinski definition) is 7. The highest BCUT2D eigenvalue weighted by Gasteiger charge is 2.19. The quantitative estimate of drug-likeness (QED) is 0.650. The highest BCUT2D eigenvalue weighted by molar-refractivity contribution is 7.13. The summed E-state index contributed by atoms with van der Waals surface area (Å²) in [5.41, 5.74) is 0.749. The van der Waals surface area contributed by atoms with Crippen LogP contribution < -0.4 is 5.32 Å². The summed E-state index contributed by atoms with van der Waals surface area (Å²) in [7, 11) is 0. The fraction of sp³-hybridized carbons (Fsp3) is 0.235. The maximum Gasteiger partial charge on any atom is 0.330 e. The Morgan fingerprint density at radius 1 is 1.37 bits per heavy atom. The van der Waals surface area contributed by atoms with Crippen molar-refractivity contribution in [2.24, 2.45) is 0 Å². The minimum Gasteiger partial charge on any atom is -0.451 e. The second kappa shape index (κ2) is 8.04. The van der Waals surface area contributed by atoms with Crippen LogP contribution in [-0.2, 0) is 20.9 Å². The number of aryl methyl sites for hydroxylation is 1. The molecule has 10 heteroatoms. The summed E-state index contributed by atoms with van der Waals surface area (Å²) in [6.07, 6.45) is -1.07. The molecular weight excluding hydrogens is 373 g/mol. The minimum absolute atomic E-state index is 0.282. The number of carbonyl (C=O) groups excluding carboxylic acids is 2. The van der Waals surface area contributed by atoms with Crippen LogP contribution in [0.25, 0.3) is 10.7 Å². The van der Waals surface area contributed by atoms with Crippen molar-refractivity contribution in [3.8, 4) is 10.7 Å². The van der Waals surface area contributed by atoms with Gasteiger partial charge in [-0.1, -0.05) is 12.1 Å². The molecule has 0 fully saturated rings. The van der Waals surface area contributed by atoms with Crippen molar-refractivity contribution < 1.29 is 18.7 Å². The Bertz CT molecular complexity index is 957. The van der Waals surface area contributed by atoms with Gasteiger partial charge < -0.3 is 10.1 Å². The number of halogens is 1. The van der Waals surface area contributed by atoms with Crippen LogP contribution in [0.4, 0.5) is 10.1 Å². The number of aromatic nitrogens is 4. The van der Waals surface area contributed by atoms with E-state index in [0.29, 0.717) is 11.4 Å². The van der Waals surface area contributed by atoms with Gasteiger partial charge in [0.2, 0.25) is 5.82 Å². The van der Waals surface area contributed by atoms with E-state index in [1.807, 2.05) is 17.5 Å². The standard InChI is InChI=1S/C17H16FN5O3S/c1-10-5-6-12(8-13(10)18)19-17(25)11(2)26-15(24)9-23-21-16(20-22-23)14-4-3-7-27-14/h3-8,11H,9H2,1-2H3,(H,19,25)/t11-/m1/s1. The van der Waals surface area contributed by atoms with Crippen LogP contribution in [0.5, 0.6) is 0 Å². The van der Waals surface area contributed by atoms with Crippen LogP contribution in [0.1, 0.15) is 12.5 Å². The lowest BCUT2D eigenvalue weighted by molar-refractivity contribution is -0.154. The molecule has 0 saturated heterocycles. The molecule has 8 nitrogen and oxygen atoms in total. The van der Waals surface area contributed by atoms with E-state index in [0.717, 1.165) is 9.67 Å². The Morgan fingerprint density at radius 3 is 2.89 bits per heavy atom. The van der Waals surface area contributed by atoms with Gasteiger partial charge in [-0.05, 0) is 48.2 Å². The molecule has 0 aliphatic rings. The molecule has 27 heavy (non-hydrogen) atoms. The number of benzene rings is 1. The summed E-state index contributed by atoms with van der Waals surface area (Å²) in [5.74, 6) is -1.29. The summed E-state index contributed by atoms with van der Waals surface area (Å²) in [6, 6.07) is 8.01. The number of carbonyl (C=O) groups is 2. The van der Waals surface area contributed by atoms with Crippen LogP contribution in [0.15, 0.2) is 35.7 Å². The van der Waals surface area contributed by atoms with Crippen LogP contribution in [0.2, 0.25) is 0 Å². The summed E-state index contributed by atoms with van der Waals surface area (Å²) >= 11 is 1.45. The largest absolute Gasteiger partial charge is 0.451 e. The molecule has 2 aromatic heterocycles. The van der Waals surface area contributed by atoms with Crippen molar-refractivity contribution >= 4 is 28.9 Å². The SMILES string of the molecule is Cc1ccc(NC(=O)[C@@H](C)OC(=O)Cn2nnc(-c3cccs3)n2)cc1F. The van der Waals surface area contributed by atoms with Gasteiger partial charge in [0.05, 0.1) is 4.88 Å². The summed E-state index contributed by atoms with van der Waals surface area (Å²) in [5, 5.41) is 16.1. The fourth-order valence-corrected chi connectivity index (χ4v) is 2.78. The van der Waals surface area contributed by atoms with Crippen molar-refractivity contribution in [3.05, 3.63) is 47.1 Å². The first-order valence-electron chi connectivity index (χ1n) is 8.00. The molecular formula is C17H16FN5O3S. The molecule has 0 bridgehead atoms. The number of thiophene rings is 1. The van der Waals surface area contributed by atoms with Crippen molar-refractivity contribution in [3.63, 3.8) is 0 Å². The zero-order chi connectivity index (χ0) is 19.4. The van der Waals surface area contributed by atoms with Gasteiger partial charge >= 0.3 is 5.97 Å². The second-order valence-electron chi connectivity index (χ2n) is 5.71. The Labute approximate surface area is 158 Å². The van der Waals surface area contributed by atoms with Crippen LogP contribution in [-0.4, -0.2) is 38.2 Å². The molecule has 0 aliphatic heterocycles. The third kappa shape index (κ3) is 4.73. The monoisotopic (exact) mass is 389 g/mol. The molecule has 0 spiro atoms. The zero-order valence-electron chi connectivity index (χ0n) is 14.5. The van der Waals surface area contributed by atoms with Gasteiger partial charge in [-0.15, -0.1) is 21.5 Å². The van der Waals surface area contributed by atoms with Gasteiger partial charge in [0, 0.05) is 5.69 Å². The lowest BCUT2D eigenvalue weighted by atomic mass is 10.2. The third-order valence-electron chi connectivity index (χ3n) is 3.58. The molecule has 2 heterocycles. The molecule has 1 atom stereocenters. The molecule has 0 radical (unpaired) electrons. The number of hydrogen-bond donors (Lipinski definition) is 1. The Morgan fingerprint density at radius 2 is 2.19 bits per heavy atom. The van der Waals surface area contributed by atoms with Gasteiger partial charge in [0.15, 0.2) is 12.6 Å². The van der Waals surface area contributed by atoms with E-state index >= 15 is 0 Å². The second-order valence-corrected chi connectivity index (χ2v) is 6.65. The fourth-order valence-electron chi connectivity index (χ4n) is 2.13. The molecule has 1 N–H and O–H groups in total. The maximum atomic E-state index is 13.5. The first kappa shape index (κ1) is 18.6. The van der Waals surface area contributed by atoms with Gasteiger partial charge in [-0.2, -0.15) is 4.80 Å². The molecule has 1 amide bonds. The van der Waals surface area contributed by atoms with E-state index in [1.54, 1.807) is 19.1 Å². The lowest BCUT2D eigenvalue weighted by Crippen LogP contribution is -2.31. The van der Waals surface area contributed by atoms with Gasteiger partial charge in [-0.25, -0.2) is 9.18 Å². The van der Waals surface area contributed by atoms with Crippen LogP contribution >= 0.6 is 11.3 Å². The number of esters is 1. The smallest absolute Gasteiger partial charge is 0.330 e. The van der Waals surface area contributed by atoms with Crippen LogP contribution in [0.3, 0.4) is 0 Å². The number of anilines is 1. The Hall–Kier alpha value is -3.14. The van der Waals surface area contributed by atoms with Gasteiger partial charge in [0.25, 0.3) is 5.91 Å². The molecule has 0 aliphatic carbocycles. The normalized spacial score (nSPS) is 11.8. The van der Waals surface area contributed by atoms with Crippen LogP contribution in [0, 0.1) is 12.7 Å². The van der Waals surface area contributed by atoms with Gasteiger partial charge in [0.1, 0.15) is 5.82 Å². The predicted octanol–water partition coefficient (Wildman–Crippen LogP) is 2.42. The highest BCUT2D eigenvalue weighted by Crippen LogP contribution is 2.19. The number of rotatable bonds is 6. The zero-order valence-corrected chi connectivity index (χ0v) is 15.4. The third-order valence-corrected chi connectivity index (χ3v) is 4.45. The van der Waals surface area contributed by atoms with E-state index < -0.39 is 23.8 Å². The summed E-state index contributed by atoms with van der Waals surface area (Å²) in [6.45, 7) is 2.76. The highest BCUT2D eigenvalue weighted by atomic mass is 32.1. The number of amides is 1. The van der Waals surface area contributed by atoms with E-state index in [9.17, 15) is 14.0 Å². The predicted molar refractivity (Wildman–Crippen MR) is 96.5 cm³/mol. The molecule has 3 aromatic rings. The van der Waals surface area contributed by atoms with E-state index in [4.69, 9.17) is 4.74 Å². The molecule has 0 unspecified atom stereocenters. The average molecular weight is 389 g/mol. The number of nitrogens with one attached hydrogen (secondary N) is 1. The van der Waals surface area contributed by atoms with E-state index in [2.05, 4.69) is 20.7 Å². The number of ether oxygens (including phenoxy) is 1. The molecule has 1 aromatic carbocycles. The van der Waals surface area contributed by atoms with E-state index in [1.165, 1.54) is 24.3 Å². The summed E-state index contributed by atoms with van der Waals surface area (Å²) in [4.78, 5) is 26.0. The average Bonchev–Trinajstić information content (AvgIpc) is 3.29. The first-order valence-corrected chi connectivity index (χ1v) is 8.88. The topological polar surface area (TPSA) is 99.0 Å². The van der Waals surface area contributed by atoms with Gasteiger partial charge in [-0.3, -0.25) is 4.79 Å². The van der Waals surface area contributed by atoms with Crippen molar-refractivity contribution in [2.45, 2.75) is 26.5 Å². The Kier molecular flexibility index (Phi) is 5.55. The van der Waals surface area contributed by atoms with E-state index in [-0.39, 0.29) is 12.2 Å². The lowest BCUT2D eigenvalue weighted by Gasteiger charge is -2.13. The minimum atomic E-state index is -1.07. The molecule has 3 rings (SSSR count). The molecule has 140 valence electrons. The van der Waals surface area contributed by atoms with Crippen molar-refractivity contribution in [1.29, 1.82) is 0 Å². The maximum absolute atomic E-state index is 13.5. The molecule has 0 saturated carbocycles.